The van der Waals surface area contributed by atoms with E-state index in [4.69, 9.17) is 14.5 Å². The summed E-state index contributed by atoms with van der Waals surface area (Å²) in [5.41, 5.74) is 3.34. The fourth-order valence-electron chi connectivity index (χ4n) is 5.83. The molecule has 1 atom stereocenters. The molecular formula is C37H43F2N5O4. The number of anilines is 3. The SMILES string of the molecule is Cc1nc(Nc2ccnnc2)c(-c2ccc(OCCc3ccc(F)cc3)c(F)c2)c(N2CCC(C)(C)CC2)c1[C@H](OC(C)(C)C)C(=O)O. The molecule has 48 heavy (non-hydrogen) atoms. The number of carboxylic acid groups (broad SMARTS) is 1. The Bertz CT molecular complexity index is 1730. The highest BCUT2D eigenvalue weighted by Crippen LogP contribution is 2.47. The summed E-state index contributed by atoms with van der Waals surface area (Å²) in [6.07, 6.45) is 3.98. The highest BCUT2D eigenvalue weighted by atomic mass is 19.1. The lowest BCUT2D eigenvalue weighted by molar-refractivity contribution is -0.160. The predicted octanol–water partition coefficient (Wildman–Crippen LogP) is 8.06. The molecular weight excluding hydrogens is 616 g/mol. The lowest BCUT2D eigenvalue weighted by Gasteiger charge is -2.41. The molecule has 0 unspecified atom stereocenters. The van der Waals surface area contributed by atoms with Gasteiger partial charge in [-0.2, -0.15) is 10.2 Å². The van der Waals surface area contributed by atoms with E-state index in [1.165, 1.54) is 18.2 Å². The number of ether oxygens (including phenoxy) is 2. The maximum Gasteiger partial charge on any atom is 0.337 e. The van der Waals surface area contributed by atoms with Gasteiger partial charge in [-0.25, -0.2) is 18.6 Å². The predicted molar refractivity (Wildman–Crippen MR) is 182 cm³/mol. The molecule has 0 spiro atoms. The molecule has 1 saturated heterocycles. The Balaban J connectivity index is 1.65. The van der Waals surface area contributed by atoms with Gasteiger partial charge in [0.25, 0.3) is 0 Å². The van der Waals surface area contributed by atoms with Gasteiger partial charge in [0.05, 0.1) is 36.0 Å². The van der Waals surface area contributed by atoms with Crippen molar-refractivity contribution >= 4 is 23.2 Å². The molecule has 4 aromatic rings. The van der Waals surface area contributed by atoms with Gasteiger partial charge in [0, 0.05) is 36.3 Å². The second-order valence-electron chi connectivity index (χ2n) is 13.9. The summed E-state index contributed by atoms with van der Waals surface area (Å²) in [6.45, 7) is 13.2. The standard InChI is InChI=1S/C37H43F2N5O4/c1-23-30(33(35(45)46)48-36(2,3)4)32(44-18-15-37(5,6)16-19-44)31(34(42-23)43-27-13-17-40-41-22-27)25-9-12-29(28(39)21-25)47-20-14-24-7-10-26(38)11-8-24/h7-13,17,21-22,33H,14-16,18-20H2,1-6H3,(H,45,46)(H,40,42,43)/t33-/m0/s1. The zero-order valence-electron chi connectivity index (χ0n) is 28.3. The quantitative estimate of drug-likeness (QED) is 0.165. The molecule has 254 valence electrons. The molecule has 11 heteroatoms. The van der Waals surface area contributed by atoms with Crippen molar-refractivity contribution in [1.29, 1.82) is 0 Å². The zero-order valence-corrected chi connectivity index (χ0v) is 28.3. The van der Waals surface area contributed by atoms with Crippen molar-refractivity contribution in [1.82, 2.24) is 15.2 Å². The summed E-state index contributed by atoms with van der Waals surface area (Å²) in [5.74, 6) is -1.58. The van der Waals surface area contributed by atoms with Crippen LogP contribution in [0.15, 0.2) is 60.9 Å². The van der Waals surface area contributed by atoms with E-state index in [1.807, 2.05) is 20.8 Å². The van der Waals surface area contributed by atoms with Crippen molar-refractivity contribution in [2.24, 2.45) is 5.41 Å². The first-order valence-corrected chi connectivity index (χ1v) is 16.1. The summed E-state index contributed by atoms with van der Waals surface area (Å²) in [7, 11) is 0. The van der Waals surface area contributed by atoms with E-state index in [-0.39, 0.29) is 23.6 Å². The summed E-state index contributed by atoms with van der Waals surface area (Å²) in [5, 5.41) is 21.7. The van der Waals surface area contributed by atoms with Gasteiger partial charge in [-0.3, -0.25) is 0 Å². The number of nitrogens with one attached hydrogen (secondary N) is 1. The highest BCUT2D eigenvalue weighted by molar-refractivity contribution is 5.93. The minimum Gasteiger partial charge on any atom is -0.490 e. The number of carbonyl (C=O) groups is 1. The van der Waals surface area contributed by atoms with Gasteiger partial charge < -0.3 is 24.8 Å². The number of aliphatic carboxylic acids is 1. The van der Waals surface area contributed by atoms with Crippen LogP contribution >= 0.6 is 0 Å². The van der Waals surface area contributed by atoms with E-state index >= 15 is 4.39 Å². The van der Waals surface area contributed by atoms with E-state index in [2.05, 4.69) is 34.3 Å². The number of nitrogens with zero attached hydrogens (tertiary/aromatic N) is 4. The third kappa shape index (κ3) is 8.44. The molecule has 5 rings (SSSR count). The molecule has 2 aromatic carbocycles. The second kappa shape index (κ2) is 14.2. The van der Waals surface area contributed by atoms with E-state index < -0.39 is 23.5 Å². The fraction of sp³-hybridized carbons (Fsp3) is 0.405. The molecule has 2 N–H and O–H groups in total. The van der Waals surface area contributed by atoms with Crippen molar-refractivity contribution in [3.8, 4) is 16.9 Å². The number of halogens is 2. The average Bonchev–Trinajstić information content (AvgIpc) is 3.02. The number of piperidine rings is 1. The zero-order chi connectivity index (χ0) is 34.6. The van der Waals surface area contributed by atoms with Gasteiger partial charge in [0.15, 0.2) is 17.7 Å². The van der Waals surface area contributed by atoms with Crippen molar-refractivity contribution in [2.75, 3.05) is 29.9 Å². The van der Waals surface area contributed by atoms with Gasteiger partial charge >= 0.3 is 5.97 Å². The van der Waals surface area contributed by atoms with E-state index in [9.17, 15) is 14.3 Å². The largest absolute Gasteiger partial charge is 0.490 e. The van der Waals surface area contributed by atoms with Crippen LogP contribution < -0.4 is 15.0 Å². The summed E-state index contributed by atoms with van der Waals surface area (Å²) >= 11 is 0. The topological polar surface area (TPSA) is 110 Å². The molecule has 2 aromatic heterocycles. The van der Waals surface area contributed by atoms with Gasteiger partial charge in [0.2, 0.25) is 0 Å². The molecule has 9 nitrogen and oxygen atoms in total. The Kier molecular flexibility index (Phi) is 10.3. The van der Waals surface area contributed by atoms with E-state index in [0.29, 0.717) is 59.1 Å². The van der Waals surface area contributed by atoms with Gasteiger partial charge in [-0.15, -0.1) is 0 Å². The lowest BCUT2D eigenvalue weighted by atomic mass is 9.82. The van der Waals surface area contributed by atoms with Crippen LogP contribution in [0, 0.1) is 24.0 Å². The highest BCUT2D eigenvalue weighted by Gasteiger charge is 2.37. The molecule has 0 amide bonds. The minimum atomic E-state index is -1.34. The Morgan fingerprint density at radius 3 is 2.38 bits per heavy atom. The molecule has 1 aliphatic heterocycles. The molecule has 0 saturated carbocycles. The summed E-state index contributed by atoms with van der Waals surface area (Å²) in [4.78, 5) is 20.0. The van der Waals surface area contributed by atoms with Crippen LogP contribution in [0.25, 0.3) is 11.1 Å². The lowest BCUT2D eigenvalue weighted by Crippen LogP contribution is -2.39. The Labute approximate surface area is 280 Å². The van der Waals surface area contributed by atoms with Crippen LogP contribution in [0.4, 0.5) is 26.0 Å². The number of hydrogen-bond acceptors (Lipinski definition) is 8. The first-order valence-electron chi connectivity index (χ1n) is 16.1. The monoisotopic (exact) mass is 659 g/mol. The Morgan fingerprint density at radius 2 is 1.77 bits per heavy atom. The van der Waals surface area contributed by atoms with E-state index in [1.54, 1.807) is 49.6 Å². The third-order valence-electron chi connectivity index (χ3n) is 8.42. The minimum absolute atomic E-state index is 0.0646. The number of carboxylic acids is 1. The Hall–Kier alpha value is -4.64. The van der Waals surface area contributed by atoms with E-state index in [0.717, 1.165) is 18.4 Å². The molecule has 1 aliphatic rings. The number of rotatable bonds is 11. The molecule has 3 heterocycles. The van der Waals surface area contributed by atoms with Crippen molar-refractivity contribution in [2.45, 2.75) is 72.5 Å². The Morgan fingerprint density at radius 1 is 1.06 bits per heavy atom. The van der Waals surface area contributed by atoms with Crippen LogP contribution in [0.3, 0.4) is 0 Å². The maximum atomic E-state index is 15.9. The number of aromatic nitrogens is 3. The second-order valence-corrected chi connectivity index (χ2v) is 13.9. The third-order valence-corrected chi connectivity index (χ3v) is 8.42. The van der Waals surface area contributed by atoms with Crippen LogP contribution in [-0.4, -0.2) is 51.6 Å². The van der Waals surface area contributed by atoms with Crippen LogP contribution in [0.1, 0.15) is 70.4 Å². The van der Waals surface area contributed by atoms with Gasteiger partial charge in [-0.05, 0) is 87.4 Å². The molecule has 0 radical (unpaired) electrons. The van der Waals surface area contributed by atoms with Crippen LogP contribution in [0.5, 0.6) is 5.75 Å². The van der Waals surface area contributed by atoms with Crippen LogP contribution in [0.2, 0.25) is 0 Å². The summed E-state index contributed by atoms with van der Waals surface area (Å²) < 4.78 is 41.2. The molecule has 1 fully saturated rings. The summed E-state index contributed by atoms with van der Waals surface area (Å²) in [6, 6.07) is 12.5. The smallest absolute Gasteiger partial charge is 0.337 e. The first kappa shape index (κ1) is 34.7. The fourth-order valence-corrected chi connectivity index (χ4v) is 5.83. The number of aryl methyl sites for hydroxylation is 1. The van der Waals surface area contributed by atoms with Crippen molar-refractivity contribution in [3.63, 3.8) is 0 Å². The van der Waals surface area contributed by atoms with Gasteiger partial charge in [0.1, 0.15) is 11.6 Å². The maximum absolute atomic E-state index is 15.9. The number of pyridine rings is 1. The van der Waals surface area contributed by atoms with Gasteiger partial charge in [-0.1, -0.05) is 32.0 Å². The molecule has 0 bridgehead atoms. The first-order chi connectivity index (χ1) is 22.7. The van der Waals surface area contributed by atoms with Crippen molar-refractivity contribution < 1.29 is 28.2 Å². The van der Waals surface area contributed by atoms with Crippen LogP contribution in [-0.2, 0) is 16.0 Å². The number of hydrogen-bond donors (Lipinski definition) is 2. The molecule has 0 aliphatic carbocycles. The average molecular weight is 660 g/mol. The normalized spacial score (nSPS) is 15.2. The number of benzene rings is 2. The van der Waals surface area contributed by atoms with Crippen molar-refractivity contribution in [3.05, 3.63) is 89.4 Å².